The van der Waals surface area contributed by atoms with E-state index < -0.39 is 5.60 Å². The largest absolute Gasteiger partial charge is 0.444 e. The third-order valence-electron chi connectivity index (χ3n) is 5.15. The molecule has 1 unspecified atom stereocenters. The van der Waals surface area contributed by atoms with Crippen LogP contribution >= 0.6 is 24.0 Å². The Labute approximate surface area is 188 Å². The highest BCUT2D eigenvalue weighted by Gasteiger charge is 2.26. The molecule has 0 spiro atoms. The summed E-state index contributed by atoms with van der Waals surface area (Å²) in [5.74, 6) is 1.44. The van der Waals surface area contributed by atoms with E-state index in [9.17, 15) is 4.79 Å². The van der Waals surface area contributed by atoms with Gasteiger partial charge in [-0.2, -0.15) is 0 Å². The van der Waals surface area contributed by atoms with Crippen molar-refractivity contribution >= 4 is 36.0 Å². The van der Waals surface area contributed by atoms with Gasteiger partial charge in [-0.15, -0.1) is 24.0 Å². The van der Waals surface area contributed by atoms with Gasteiger partial charge in [0, 0.05) is 39.3 Å². The monoisotopic (exact) mass is 509 g/mol. The lowest BCUT2D eigenvalue weighted by Gasteiger charge is -2.36. The van der Waals surface area contributed by atoms with Crippen molar-refractivity contribution < 1.29 is 9.53 Å². The number of rotatable bonds is 5. The summed E-state index contributed by atoms with van der Waals surface area (Å²) in [6, 6.07) is 0. The molecule has 2 rings (SSSR count). The number of unbranched alkanes of at least 4 members (excludes halogenated alkanes) is 1. The number of guanidine groups is 1. The maximum Gasteiger partial charge on any atom is 0.410 e. The third kappa shape index (κ3) is 9.15. The van der Waals surface area contributed by atoms with Crippen molar-refractivity contribution in [3.05, 3.63) is 0 Å². The molecule has 0 aromatic rings. The van der Waals surface area contributed by atoms with Crippen molar-refractivity contribution in [2.24, 2.45) is 16.6 Å². The van der Waals surface area contributed by atoms with Crippen molar-refractivity contribution in [2.75, 3.05) is 52.4 Å². The van der Waals surface area contributed by atoms with Gasteiger partial charge in [0.1, 0.15) is 5.60 Å². The molecule has 1 atom stereocenters. The number of piperidine rings is 1. The van der Waals surface area contributed by atoms with Gasteiger partial charge in [-0.05, 0) is 65.5 Å². The van der Waals surface area contributed by atoms with Crippen LogP contribution in [0, 0.1) is 5.92 Å². The van der Waals surface area contributed by atoms with Crippen LogP contribution in [0.25, 0.3) is 0 Å². The average Bonchev–Trinajstić information content (AvgIpc) is 2.60. The first-order valence-corrected chi connectivity index (χ1v) is 10.5. The van der Waals surface area contributed by atoms with Crippen LogP contribution in [-0.2, 0) is 4.74 Å². The van der Waals surface area contributed by atoms with Crippen molar-refractivity contribution in [1.29, 1.82) is 0 Å². The molecule has 8 heteroatoms. The number of hydrogen-bond acceptors (Lipinski definition) is 4. The van der Waals surface area contributed by atoms with Crippen LogP contribution in [0.4, 0.5) is 4.79 Å². The van der Waals surface area contributed by atoms with Crippen LogP contribution in [0.3, 0.4) is 0 Å². The van der Waals surface area contributed by atoms with E-state index in [1.54, 1.807) is 4.90 Å². The minimum Gasteiger partial charge on any atom is -0.444 e. The standard InChI is InChI=1S/C20H39N5O2.HI/c1-17-8-7-11-23(16-17)10-6-5-9-22-18(21)24-12-14-25(15-13-24)19(26)27-20(2,3)4;/h17H,5-16H2,1-4H3,(H2,21,22);1H. The van der Waals surface area contributed by atoms with Gasteiger partial charge in [0.25, 0.3) is 0 Å². The molecule has 1 amide bonds. The summed E-state index contributed by atoms with van der Waals surface area (Å²) in [5.41, 5.74) is 5.69. The molecule has 0 radical (unpaired) electrons. The zero-order chi connectivity index (χ0) is 19.9. The van der Waals surface area contributed by atoms with Crippen LogP contribution in [-0.4, -0.2) is 84.7 Å². The number of carbonyl (C=O) groups excluding carboxylic acids is 1. The van der Waals surface area contributed by atoms with Crippen LogP contribution < -0.4 is 5.73 Å². The minimum absolute atomic E-state index is 0. The molecule has 0 bridgehead atoms. The molecule has 0 aliphatic carbocycles. The van der Waals surface area contributed by atoms with Crippen molar-refractivity contribution in [3.8, 4) is 0 Å². The summed E-state index contributed by atoms with van der Waals surface area (Å²) < 4.78 is 5.42. The quantitative estimate of drug-likeness (QED) is 0.267. The molecule has 2 N–H and O–H groups in total. The average molecular weight is 509 g/mol. The Morgan fingerprint density at radius 1 is 1.11 bits per heavy atom. The van der Waals surface area contributed by atoms with Crippen molar-refractivity contribution in [1.82, 2.24) is 14.7 Å². The van der Waals surface area contributed by atoms with Gasteiger partial charge >= 0.3 is 6.09 Å². The maximum absolute atomic E-state index is 12.1. The molecule has 164 valence electrons. The van der Waals surface area contributed by atoms with E-state index in [4.69, 9.17) is 10.5 Å². The lowest BCUT2D eigenvalue weighted by Crippen LogP contribution is -2.53. The van der Waals surface area contributed by atoms with Crippen molar-refractivity contribution in [2.45, 2.75) is 59.0 Å². The molecule has 7 nitrogen and oxygen atoms in total. The molecule has 0 saturated carbocycles. The van der Waals surface area contributed by atoms with E-state index in [1.807, 2.05) is 20.8 Å². The van der Waals surface area contributed by atoms with Crippen LogP contribution in [0.15, 0.2) is 4.99 Å². The summed E-state index contributed by atoms with van der Waals surface area (Å²) in [6.45, 7) is 15.1. The molecular weight excluding hydrogens is 469 g/mol. The van der Waals surface area contributed by atoms with Crippen LogP contribution in [0.5, 0.6) is 0 Å². The summed E-state index contributed by atoms with van der Waals surface area (Å²) >= 11 is 0. The normalized spacial score (nSPS) is 22.0. The number of hydrogen-bond donors (Lipinski definition) is 1. The molecule has 0 aromatic carbocycles. The second-order valence-electron chi connectivity index (χ2n) is 8.95. The lowest BCUT2D eigenvalue weighted by molar-refractivity contribution is 0.0186. The predicted octanol–water partition coefficient (Wildman–Crippen LogP) is 2.98. The maximum atomic E-state index is 12.1. The van der Waals surface area contributed by atoms with Gasteiger partial charge in [0.05, 0.1) is 0 Å². The Bertz CT molecular complexity index is 501. The van der Waals surface area contributed by atoms with Gasteiger partial charge in [-0.3, -0.25) is 4.99 Å². The zero-order valence-electron chi connectivity index (χ0n) is 18.2. The number of halogens is 1. The lowest BCUT2D eigenvalue weighted by atomic mass is 10.0. The zero-order valence-corrected chi connectivity index (χ0v) is 20.5. The van der Waals surface area contributed by atoms with Gasteiger partial charge in [0.15, 0.2) is 5.96 Å². The van der Waals surface area contributed by atoms with Gasteiger partial charge < -0.3 is 25.2 Å². The SMILES string of the molecule is CC1CCCN(CCCCN=C(N)N2CCN(C(=O)OC(C)(C)C)CC2)C1.I. The molecule has 2 heterocycles. The number of piperazine rings is 1. The number of likely N-dealkylation sites (tertiary alicyclic amines) is 1. The number of aliphatic imine (C=N–C) groups is 1. The van der Waals surface area contributed by atoms with E-state index in [0.29, 0.717) is 32.1 Å². The number of amides is 1. The molecular formula is C20H40IN5O2. The van der Waals surface area contributed by atoms with Gasteiger partial charge in [-0.1, -0.05) is 6.92 Å². The third-order valence-corrected chi connectivity index (χ3v) is 5.15. The van der Waals surface area contributed by atoms with E-state index in [0.717, 1.165) is 18.9 Å². The molecule has 2 aliphatic heterocycles. The van der Waals surface area contributed by atoms with E-state index in [-0.39, 0.29) is 30.1 Å². The second-order valence-corrected chi connectivity index (χ2v) is 8.95. The molecule has 0 aromatic heterocycles. The van der Waals surface area contributed by atoms with E-state index in [1.165, 1.54) is 38.9 Å². The first-order chi connectivity index (χ1) is 12.7. The fraction of sp³-hybridized carbons (Fsp3) is 0.900. The summed E-state index contributed by atoms with van der Waals surface area (Å²) in [4.78, 5) is 23.0. The fourth-order valence-corrected chi connectivity index (χ4v) is 3.68. The Hall–Kier alpha value is -0.770. The summed E-state index contributed by atoms with van der Waals surface area (Å²) in [5, 5.41) is 0. The Balaban J connectivity index is 0.00000392. The first kappa shape index (κ1) is 25.3. The Morgan fingerprint density at radius 3 is 2.36 bits per heavy atom. The number of ether oxygens (including phenoxy) is 1. The second kappa shape index (κ2) is 12.0. The number of carbonyl (C=O) groups is 1. The first-order valence-electron chi connectivity index (χ1n) is 10.5. The van der Waals surface area contributed by atoms with Gasteiger partial charge in [0.2, 0.25) is 0 Å². The number of nitrogens with two attached hydrogens (primary N) is 1. The molecule has 2 saturated heterocycles. The highest BCUT2D eigenvalue weighted by atomic mass is 127. The minimum atomic E-state index is -0.457. The molecule has 2 aliphatic rings. The Kier molecular flexibility index (Phi) is 10.9. The number of nitrogens with zero attached hydrogens (tertiary/aromatic N) is 4. The smallest absolute Gasteiger partial charge is 0.410 e. The Morgan fingerprint density at radius 2 is 1.75 bits per heavy atom. The highest BCUT2D eigenvalue weighted by molar-refractivity contribution is 14.0. The van der Waals surface area contributed by atoms with E-state index >= 15 is 0 Å². The topological polar surface area (TPSA) is 74.4 Å². The van der Waals surface area contributed by atoms with Crippen LogP contribution in [0.2, 0.25) is 0 Å². The summed E-state index contributed by atoms with van der Waals surface area (Å²) in [6.07, 6.45) is 4.71. The van der Waals surface area contributed by atoms with Crippen LogP contribution in [0.1, 0.15) is 53.4 Å². The van der Waals surface area contributed by atoms with E-state index in [2.05, 4.69) is 21.7 Å². The molecule has 28 heavy (non-hydrogen) atoms. The molecule has 2 fully saturated rings. The highest BCUT2D eigenvalue weighted by Crippen LogP contribution is 2.15. The fourth-order valence-electron chi connectivity index (χ4n) is 3.68. The van der Waals surface area contributed by atoms with Gasteiger partial charge in [-0.25, -0.2) is 4.79 Å². The summed E-state index contributed by atoms with van der Waals surface area (Å²) in [7, 11) is 0. The predicted molar refractivity (Wildman–Crippen MR) is 125 cm³/mol. The van der Waals surface area contributed by atoms with Crippen molar-refractivity contribution in [3.63, 3.8) is 0 Å².